The summed E-state index contributed by atoms with van der Waals surface area (Å²) in [4.78, 5) is 24.4. The van der Waals surface area contributed by atoms with Crippen LogP contribution >= 0.6 is 27.5 Å². The van der Waals surface area contributed by atoms with Gasteiger partial charge in [0.15, 0.2) is 5.78 Å². The minimum Gasteiger partial charge on any atom is -0.469 e. The maximum absolute atomic E-state index is 12.4. The second-order valence-electron chi connectivity index (χ2n) is 4.76. The molecule has 1 atom stereocenters. The molecule has 3 nitrogen and oxygen atoms in total. The Morgan fingerprint density at radius 2 is 1.86 bits per heavy atom. The Labute approximate surface area is 142 Å². The summed E-state index contributed by atoms with van der Waals surface area (Å²) < 4.78 is 5.68. The van der Waals surface area contributed by atoms with Crippen molar-refractivity contribution < 1.29 is 14.3 Å². The molecule has 0 N–H and O–H groups in total. The van der Waals surface area contributed by atoms with Gasteiger partial charge in [0.05, 0.1) is 13.0 Å². The first kappa shape index (κ1) is 16.7. The van der Waals surface area contributed by atoms with Gasteiger partial charge < -0.3 is 4.74 Å². The molecule has 0 aromatic heterocycles. The minimum absolute atomic E-state index is 0.0464. The van der Waals surface area contributed by atoms with Crippen molar-refractivity contribution in [2.75, 3.05) is 7.11 Å². The third-order valence-corrected chi connectivity index (χ3v) is 4.04. The topological polar surface area (TPSA) is 43.4 Å². The second-order valence-corrected chi connectivity index (χ2v) is 6.12. The Bertz CT molecular complexity index is 683. The molecule has 0 saturated heterocycles. The summed E-state index contributed by atoms with van der Waals surface area (Å²) in [6, 6.07) is 13.9. The van der Waals surface area contributed by atoms with E-state index in [4.69, 9.17) is 16.3 Å². The smallest absolute Gasteiger partial charge is 0.313 e. The molecule has 0 radical (unpaired) electrons. The molecule has 0 saturated carbocycles. The molecule has 0 amide bonds. The molecular weight excluding hydrogens is 368 g/mol. The lowest BCUT2D eigenvalue weighted by Crippen LogP contribution is -2.18. The molecule has 0 aliphatic rings. The van der Waals surface area contributed by atoms with Crippen LogP contribution in [0.3, 0.4) is 0 Å². The largest absolute Gasteiger partial charge is 0.469 e. The number of carbonyl (C=O) groups excluding carboxylic acids is 2. The number of rotatable bonds is 5. The van der Waals surface area contributed by atoms with Crippen molar-refractivity contribution >= 4 is 39.3 Å². The zero-order valence-electron chi connectivity index (χ0n) is 11.9. The normalized spacial score (nSPS) is 11.8. The van der Waals surface area contributed by atoms with Crippen LogP contribution in [0.1, 0.15) is 28.3 Å². The first-order valence-corrected chi connectivity index (χ1v) is 7.80. The maximum Gasteiger partial charge on any atom is 0.313 e. The van der Waals surface area contributed by atoms with Gasteiger partial charge in [-0.15, -0.1) is 0 Å². The lowest BCUT2D eigenvalue weighted by molar-refractivity contribution is -0.142. The highest BCUT2D eigenvalue weighted by molar-refractivity contribution is 9.10. The van der Waals surface area contributed by atoms with Crippen LogP contribution in [0.4, 0.5) is 0 Å². The Hall–Kier alpha value is -1.65. The van der Waals surface area contributed by atoms with Gasteiger partial charge >= 0.3 is 5.97 Å². The van der Waals surface area contributed by atoms with Crippen LogP contribution < -0.4 is 0 Å². The number of esters is 1. The van der Waals surface area contributed by atoms with Gasteiger partial charge in [0.25, 0.3) is 0 Å². The van der Waals surface area contributed by atoms with E-state index < -0.39 is 11.9 Å². The Morgan fingerprint density at radius 3 is 2.45 bits per heavy atom. The summed E-state index contributed by atoms with van der Waals surface area (Å²) in [6.45, 7) is 0. The monoisotopic (exact) mass is 380 g/mol. The first-order valence-electron chi connectivity index (χ1n) is 6.63. The van der Waals surface area contributed by atoms with E-state index in [1.807, 2.05) is 24.3 Å². The molecule has 0 heterocycles. The summed E-state index contributed by atoms with van der Waals surface area (Å²) in [5.74, 6) is -1.20. The number of carbonyl (C=O) groups is 2. The van der Waals surface area contributed by atoms with Crippen molar-refractivity contribution in [3.63, 3.8) is 0 Å². The van der Waals surface area contributed by atoms with E-state index in [-0.39, 0.29) is 12.2 Å². The van der Waals surface area contributed by atoms with Gasteiger partial charge in [-0.05, 0) is 42.0 Å². The molecule has 22 heavy (non-hydrogen) atoms. The summed E-state index contributed by atoms with van der Waals surface area (Å²) in [6.07, 6.45) is 0.0464. The van der Waals surface area contributed by atoms with E-state index >= 15 is 0 Å². The van der Waals surface area contributed by atoms with E-state index in [1.165, 1.54) is 7.11 Å². The van der Waals surface area contributed by atoms with Gasteiger partial charge in [0.2, 0.25) is 0 Å². The van der Waals surface area contributed by atoms with Crippen molar-refractivity contribution in [3.05, 3.63) is 69.2 Å². The standard InChI is InChI=1S/C17H14BrClO3/c1-22-17(21)15(12-3-2-4-13(18)9-12)10-16(20)11-5-7-14(19)8-6-11/h2-9,15H,10H2,1H3. The van der Waals surface area contributed by atoms with Crippen molar-refractivity contribution in [1.82, 2.24) is 0 Å². The molecule has 1 unspecified atom stereocenters. The molecule has 0 fully saturated rings. The highest BCUT2D eigenvalue weighted by Gasteiger charge is 2.25. The minimum atomic E-state index is -0.634. The Balaban J connectivity index is 2.25. The molecule has 5 heteroatoms. The molecule has 0 aliphatic heterocycles. The van der Waals surface area contributed by atoms with Crippen LogP contribution in [-0.4, -0.2) is 18.9 Å². The fraction of sp³-hybridized carbons (Fsp3) is 0.176. The maximum atomic E-state index is 12.4. The van der Waals surface area contributed by atoms with E-state index in [0.717, 1.165) is 10.0 Å². The number of ketones is 1. The van der Waals surface area contributed by atoms with Crippen LogP contribution in [0.2, 0.25) is 5.02 Å². The quantitative estimate of drug-likeness (QED) is 0.560. The molecule has 2 rings (SSSR count). The van der Waals surface area contributed by atoms with E-state index in [0.29, 0.717) is 10.6 Å². The van der Waals surface area contributed by atoms with Crippen LogP contribution in [0, 0.1) is 0 Å². The average molecular weight is 382 g/mol. The highest BCUT2D eigenvalue weighted by Crippen LogP contribution is 2.26. The molecule has 114 valence electrons. The van der Waals surface area contributed by atoms with E-state index in [1.54, 1.807) is 24.3 Å². The predicted octanol–water partition coefficient (Wildman–Crippen LogP) is 4.63. The summed E-state index contributed by atoms with van der Waals surface area (Å²) >= 11 is 9.19. The highest BCUT2D eigenvalue weighted by atomic mass is 79.9. The van der Waals surface area contributed by atoms with Gasteiger partial charge in [-0.3, -0.25) is 9.59 Å². The Kier molecular flexibility index (Phi) is 5.75. The summed E-state index contributed by atoms with van der Waals surface area (Å²) in [5, 5.41) is 0.563. The van der Waals surface area contributed by atoms with Gasteiger partial charge in [-0.1, -0.05) is 39.7 Å². The van der Waals surface area contributed by atoms with Crippen LogP contribution in [0.5, 0.6) is 0 Å². The Morgan fingerprint density at radius 1 is 1.18 bits per heavy atom. The fourth-order valence-electron chi connectivity index (χ4n) is 2.14. The third-order valence-electron chi connectivity index (χ3n) is 3.29. The summed E-state index contributed by atoms with van der Waals surface area (Å²) in [7, 11) is 1.32. The van der Waals surface area contributed by atoms with Crippen molar-refractivity contribution in [2.24, 2.45) is 0 Å². The molecule has 0 aliphatic carbocycles. The van der Waals surface area contributed by atoms with Crippen molar-refractivity contribution in [2.45, 2.75) is 12.3 Å². The van der Waals surface area contributed by atoms with Gasteiger partial charge in [0, 0.05) is 21.5 Å². The molecule has 2 aromatic carbocycles. The lowest BCUT2D eigenvalue weighted by Gasteiger charge is -2.15. The second kappa shape index (κ2) is 7.56. The number of hydrogen-bond acceptors (Lipinski definition) is 3. The SMILES string of the molecule is COC(=O)C(CC(=O)c1ccc(Cl)cc1)c1cccc(Br)c1. The number of halogens is 2. The van der Waals surface area contributed by atoms with Crippen LogP contribution in [0.15, 0.2) is 53.0 Å². The van der Waals surface area contributed by atoms with Gasteiger partial charge in [-0.25, -0.2) is 0 Å². The third kappa shape index (κ3) is 4.18. The van der Waals surface area contributed by atoms with E-state index in [9.17, 15) is 9.59 Å². The number of hydrogen-bond donors (Lipinski definition) is 0. The van der Waals surface area contributed by atoms with Crippen molar-refractivity contribution in [3.8, 4) is 0 Å². The van der Waals surface area contributed by atoms with Crippen molar-refractivity contribution in [1.29, 1.82) is 0 Å². The summed E-state index contributed by atoms with van der Waals surface area (Å²) in [5.41, 5.74) is 1.26. The average Bonchev–Trinajstić information content (AvgIpc) is 2.52. The lowest BCUT2D eigenvalue weighted by atomic mass is 9.91. The first-order chi connectivity index (χ1) is 10.5. The molecule has 0 bridgehead atoms. The predicted molar refractivity (Wildman–Crippen MR) is 89.3 cm³/mol. The van der Waals surface area contributed by atoms with E-state index in [2.05, 4.69) is 15.9 Å². The number of benzene rings is 2. The number of ether oxygens (including phenoxy) is 1. The molecular formula is C17H14BrClO3. The zero-order chi connectivity index (χ0) is 16.1. The fourth-order valence-corrected chi connectivity index (χ4v) is 2.68. The number of Topliss-reactive ketones (excluding diaryl/α,β-unsaturated/α-hetero) is 1. The molecule has 2 aromatic rings. The molecule has 0 spiro atoms. The zero-order valence-corrected chi connectivity index (χ0v) is 14.2. The number of methoxy groups -OCH3 is 1. The van der Waals surface area contributed by atoms with Crippen LogP contribution in [0.25, 0.3) is 0 Å². The van der Waals surface area contributed by atoms with Crippen LogP contribution in [-0.2, 0) is 9.53 Å². The van der Waals surface area contributed by atoms with Gasteiger partial charge in [0.1, 0.15) is 0 Å². The van der Waals surface area contributed by atoms with Gasteiger partial charge in [-0.2, -0.15) is 0 Å².